The Labute approximate surface area is 254 Å². The number of carbonyl (C=O) groups is 6. The van der Waals surface area contributed by atoms with Crippen molar-refractivity contribution in [2.45, 2.75) is 64.9 Å². The Bertz CT molecular complexity index is 1440. The minimum atomic E-state index is -1.21. The van der Waals surface area contributed by atoms with Gasteiger partial charge in [0.1, 0.15) is 6.61 Å². The van der Waals surface area contributed by atoms with Gasteiger partial charge in [0.2, 0.25) is 17.7 Å². The molecule has 4 rings (SSSR count). The smallest absolute Gasteiger partial charge is 0.432 e. The number of anilines is 2. The number of imide groups is 1. The largest absolute Gasteiger partial charge is 0.533 e. The van der Waals surface area contributed by atoms with Gasteiger partial charge in [0.05, 0.1) is 12.7 Å². The molecule has 44 heavy (non-hydrogen) atoms. The minimum absolute atomic E-state index is 0.0447. The van der Waals surface area contributed by atoms with Gasteiger partial charge >= 0.3 is 6.16 Å². The molecule has 1 saturated heterocycles. The van der Waals surface area contributed by atoms with Crippen molar-refractivity contribution in [1.82, 2.24) is 10.4 Å². The van der Waals surface area contributed by atoms with Crippen LogP contribution in [0.3, 0.4) is 0 Å². The molecular formula is C31H36N4O9. The van der Waals surface area contributed by atoms with Crippen molar-refractivity contribution >= 4 is 47.1 Å². The summed E-state index contributed by atoms with van der Waals surface area (Å²) in [7, 11) is 0. The van der Waals surface area contributed by atoms with Gasteiger partial charge in [-0.1, -0.05) is 17.2 Å². The van der Waals surface area contributed by atoms with Crippen LogP contribution in [0.1, 0.15) is 69.9 Å². The van der Waals surface area contributed by atoms with Gasteiger partial charge in [-0.25, -0.2) is 4.79 Å². The number of rotatable bonds is 13. The molecule has 1 heterocycles. The summed E-state index contributed by atoms with van der Waals surface area (Å²) in [4.78, 5) is 77.2. The number of nitrogens with one attached hydrogen (secondary N) is 3. The quantitative estimate of drug-likeness (QED) is 0.175. The average Bonchev–Trinajstić information content (AvgIpc) is 3.44. The predicted octanol–water partition coefficient (Wildman–Crippen LogP) is 3.62. The van der Waals surface area contributed by atoms with Gasteiger partial charge in [-0.3, -0.25) is 28.8 Å². The lowest BCUT2D eigenvalue weighted by molar-refractivity contribution is -0.177. The van der Waals surface area contributed by atoms with E-state index in [9.17, 15) is 28.8 Å². The first-order valence-electron chi connectivity index (χ1n) is 14.5. The average molecular weight is 609 g/mol. The summed E-state index contributed by atoms with van der Waals surface area (Å²) < 4.78 is 10.7. The van der Waals surface area contributed by atoms with E-state index < -0.39 is 23.9 Å². The Hall–Kier alpha value is -4.78. The number of fused-ring (bicyclic) bond motifs is 3. The van der Waals surface area contributed by atoms with E-state index in [0.717, 1.165) is 22.3 Å². The molecule has 1 unspecified atom stereocenters. The van der Waals surface area contributed by atoms with E-state index in [1.54, 1.807) is 24.3 Å². The molecule has 13 nitrogen and oxygen atoms in total. The van der Waals surface area contributed by atoms with Crippen molar-refractivity contribution in [2.24, 2.45) is 0 Å². The first-order chi connectivity index (χ1) is 21.0. The first kappa shape index (κ1) is 32.1. The molecule has 0 aromatic heterocycles. The summed E-state index contributed by atoms with van der Waals surface area (Å²) in [5, 5.41) is 8.77. The number of hydrogen-bond donors (Lipinski definition) is 3. The molecule has 0 bridgehead atoms. The van der Waals surface area contributed by atoms with Crippen molar-refractivity contribution in [3.63, 3.8) is 0 Å². The van der Waals surface area contributed by atoms with Crippen LogP contribution >= 0.6 is 0 Å². The fraction of sp³-hybridized carbons (Fsp3) is 0.419. The molecule has 5 amide bonds. The second kappa shape index (κ2) is 14.6. The standard InChI is InChI=1S/C31H36N4O9/c1-18(2)42-14-13-32-27(37)5-4-6-28(38)34-21-8-10-23-22-9-7-20(33-19(3)36)15-24(22)26(25(23)16-21)17-43-31(41)44-35-29(39)11-12-30(35)40/h7-10,15-16,18,26H,4-6,11-14,17H2,1-3H3,(H,32,37)(H,33,36)(H,34,38). The zero-order valence-electron chi connectivity index (χ0n) is 24.9. The zero-order chi connectivity index (χ0) is 31.8. The number of carbonyl (C=O) groups excluding carboxylic acids is 6. The summed E-state index contributed by atoms with van der Waals surface area (Å²) in [5.74, 6) is -2.42. The van der Waals surface area contributed by atoms with Crippen LogP contribution in [0.5, 0.6) is 0 Å². The second-order valence-corrected chi connectivity index (χ2v) is 10.7. The number of hydroxylamine groups is 2. The Morgan fingerprint density at radius 3 is 2.07 bits per heavy atom. The van der Waals surface area contributed by atoms with Crippen LogP contribution in [-0.4, -0.2) is 66.6 Å². The highest BCUT2D eigenvalue weighted by Gasteiger charge is 2.35. The van der Waals surface area contributed by atoms with Crippen molar-refractivity contribution in [2.75, 3.05) is 30.4 Å². The molecule has 2 aromatic rings. The third-order valence-electron chi connectivity index (χ3n) is 6.97. The van der Waals surface area contributed by atoms with Gasteiger partial charge < -0.3 is 25.4 Å². The molecule has 1 aliphatic carbocycles. The first-order valence-corrected chi connectivity index (χ1v) is 14.5. The van der Waals surface area contributed by atoms with Gasteiger partial charge in [-0.05, 0) is 66.8 Å². The molecule has 0 saturated carbocycles. The third kappa shape index (κ3) is 8.40. The van der Waals surface area contributed by atoms with Gasteiger partial charge in [-0.15, -0.1) is 0 Å². The number of hydrogen-bond acceptors (Lipinski definition) is 9. The Morgan fingerprint density at radius 1 is 0.886 bits per heavy atom. The SMILES string of the molecule is CC(=O)Nc1ccc2c(c1)C(COC(=O)ON1C(=O)CCC1=O)c1cc(NC(=O)CCCC(=O)NCCOC(C)C)ccc1-2. The minimum Gasteiger partial charge on any atom is -0.432 e. The Balaban J connectivity index is 1.41. The van der Waals surface area contributed by atoms with Crippen LogP contribution < -0.4 is 16.0 Å². The van der Waals surface area contributed by atoms with Gasteiger partial charge in [0.25, 0.3) is 11.8 Å². The monoisotopic (exact) mass is 608 g/mol. The van der Waals surface area contributed by atoms with E-state index in [0.29, 0.717) is 36.0 Å². The lowest BCUT2D eigenvalue weighted by Gasteiger charge is -2.17. The number of benzene rings is 2. The second-order valence-electron chi connectivity index (χ2n) is 10.7. The maximum atomic E-state index is 12.7. The summed E-state index contributed by atoms with van der Waals surface area (Å²) in [6.07, 6.45) is -0.500. The maximum absolute atomic E-state index is 12.7. The number of nitrogens with zero attached hydrogens (tertiary/aromatic N) is 1. The molecular weight excluding hydrogens is 572 g/mol. The van der Waals surface area contributed by atoms with E-state index in [-0.39, 0.29) is 56.1 Å². The predicted molar refractivity (Wildman–Crippen MR) is 158 cm³/mol. The van der Waals surface area contributed by atoms with Crippen molar-refractivity contribution in [1.29, 1.82) is 0 Å². The highest BCUT2D eigenvalue weighted by Crippen LogP contribution is 2.47. The van der Waals surface area contributed by atoms with Gasteiger partial charge in [0, 0.05) is 56.4 Å². The van der Waals surface area contributed by atoms with Crippen LogP contribution in [-0.2, 0) is 38.3 Å². The molecule has 2 aliphatic rings. The fourth-order valence-electron chi connectivity index (χ4n) is 5.02. The third-order valence-corrected chi connectivity index (χ3v) is 6.97. The molecule has 3 N–H and O–H groups in total. The lowest BCUT2D eigenvalue weighted by Crippen LogP contribution is -2.32. The molecule has 0 spiro atoms. The maximum Gasteiger partial charge on any atom is 0.533 e. The van der Waals surface area contributed by atoms with E-state index in [4.69, 9.17) is 14.3 Å². The molecule has 0 radical (unpaired) electrons. The summed E-state index contributed by atoms with van der Waals surface area (Å²) in [6, 6.07) is 10.8. The van der Waals surface area contributed by atoms with E-state index in [1.165, 1.54) is 6.92 Å². The molecule has 1 atom stereocenters. The van der Waals surface area contributed by atoms with E-state index in [2.05, 4.69) is 16.0 Å². The van der Waals surface area contributed by atoms with E-state index >= 15 is 0 Å². The molecule has 1 fully saturated rings. The summed E-state index contributed by atoms with van der Waals surface area (Å²) >= 11 is 0. The van der Waals surface area contributed by atoms with Crippen LogP contribution in [0.15, 0.2) is 36.4 Å². The fourth-order valence-corrected chi connectivity index (χ4v) is 5.02. The van der Waals surface area contributed by atoms with Crippen molar-refractivity contribution in [3.05, 3.63) is 47.5 Å². The van der Waals surface area contributed by atoms with Gasteiger partial charge in [-0.2, -0.15) is 0 Å². The van der Waals surface area contributed by atoms with E-state index in [1.807, 2.05) is 26.0 Å². The highest BCUT2D eigenvalue weighted by atomic mass is 16.8. The Kier molecular flexibility index (Phi) is 10.7. The summed E-state index contributed by atoms with van der Waals surface area (Å²) in [6.45, 7) is 5.85. The molecule has 13 heteroatoms. The molecule has 234 valence electrons. The lowest BCUT2D eigenvalue weighted by atomic mass is 9.97. The number of amides is 5. The normalized spacial score (nSPS) is 15.1. The van der Waals surface area contributed by atoms with Crippen LogP contribution in [0, 0.1) is 0 Å². The van der Waals surface area contributed by atoms with Gasteiger partial charge in [0.15, 0.2) is 0 Å². The zero-order valence-corrected chi connectivity index (χ0v) is 24.9. The molecule has 1 aliphatic heterocycles. The topological polar surface area (TPSA) is 169 Å². The van der Waals surface area contributed by atoms with Crippen LogP contribution in [0.4, 0.5) is 16.2 Å². The van der Waals surface area contributed by atoms with Crippen molar-refractivity contribution in [3.8, 4) is 11.1 Å². The van der Waals surface area contributed by atoms with Crippen LogP contribution in [0.25, 0.3) is 11.1 Å². The Morgan fingerprint density at radius 2 is 1.48 bits per heavy atom. The number of ether oxygens (including phenoxy) is 2. The van der Waals surface area contributed by atoms with Crippen LogP contribution in [0.2, 0.25) is 0 Å². The highest BCUT2D eigenvalue weighted by molar-refractivity contribution is 6.01. The van der Waals surface area contributed by atoms with Crippen molar-refractivity contribution < 1.29 is 43.1 Å². The molecule has 2 aromatic carbocycles. The summed E-state index contributed by atoms with van der Waals surface area (Å²) in [5.41, 5.74) is 4.28.